The Bertz CT molecular complexity index is 620. The summed E-state index contributed by atoms with van der Waals surface area (Å²) in [5.41, 5.74) is 4.28. The lowest BCUT2D eigenvalue weighted by Crippen LogP contribution is -2.37. The molecule has 1 aromatic rings. The molecule has 132 valence electrons. The quantitative estimate of drug-likeness (QED) is 0.901. The molecule has 1 atom stereocenters. The van der Waals surface area contributed by atoms with Gasteiger partial charge in [0.05, 0.1) is 0 Å². The van der Waals surface area contributed by atoms with Gasteiger partial charge in [-0.3, -0.25) is 4.79 Å². The standard InChI is InChI=1S/C20H28N2O.ClH/c1-14-3-4-16(11-15(14)2)13-22(17-5-6-17)19(23)18-12-20(18)7-9-21-10-8-20;/h3-4,11,17-18,21H,5-10,12-13H2,1-2H3;1H. The lowest BCUT2D eigenvalue weighted by molar-refractivity contribution is -0.134. The summed E-state index contributed by atoms with van der Waals surface area (Å²) in [6.07, 6.45) is 5.89. The molecule has 4 heteroatoms. The number of nitrogens with one attached hydrogen (secondary N) is 1. The molecule has 3 nitrogen and oxygen atoms in total. The molecule has 0 aromatic heterocycles. The van der Waals surface area contributed by atoms with Gasteiger partial charge in [-0.1, -0.05) is 18.2 Å². The fourth-order valence-electron chi connectivity index (χ4n) is 4.25. The molecule has 3 fully saturated rings. The van der Waals surface area contributed by atoms with Crippen LogP contribution in [0.3, 0.4) is 0 Å². The van der Waals surface area contributed by atoms with E-state index >= 15 is 0 Å². The monoisotopic (exact) mass is 348 g/mol. The van der Waals surface area contributed by atoms with Gasteiger partial charge in [0.2, 0.25) is 5.91 Å². The highest BCUT2D eigenvalue weighted by molar-refractivity contribution is 5.85. The number of halogens is 1. The second-order valence-electron chi connectivity index (χ2n) is 7.99. The fraction of sp³-hybridized carbons (Fsp3) is 0.650. The minimum atomic E-state index is 0. The van der Waals surface area contributed by atoms with Crippen molar-refractivity contribution in [1.82, 2.24) is 10.2 Å². The van der Waals surface area contributed by atoms with Gasteiger partial charge in [-0.2, -0.15) is 0 Å². The maximum absolute atomic E-state index is 13.1. The zero-order valence-corrected chi connectivity index (χ0v) is 15.6. The summed E-state index contributed by atoms with van der Waals surface area (Å²) in [4.78, 5) is 15.3. The molecule has 2 aliphatic carbocycles. The second kappa shape index (κ2) is 6.68. The van der Waals surface area contributed by atoms with Crippen LogP contribution < -0.4 is 5.32 Å². The van der Waals surface area contributed by atoms with E-state index in [1.54, 1.807) is 0 Å². The van der Waals surface area contributed by atoms with Crippen LogP contribution in [0.5, 0.6) is 0 Å². The molecule has 1 aliphatic heterocycles. The van der Waals surface area contributed by atoms with Crippen LogP contribution >= 0.6 is 12.4 Å². The summed E-state index contributed by atoms with van der Waals surface area (Å²) in [5.74, 6) is 0.740. The van der Waals surface area contributed by atoms with Gasteiger partial charge in [0.15, 0.2) is 0 Å². The Morgan fingerprint density at radius 1 is 1.21 bits per heavy atom. The summed E-state index contributed by atoms with van der Waals surface area (Å²) in [5, 5.41) is 3.43. The number of rotatable bonds is 4. The van der Waals surface area contributed by atoms with E-state index in [0.717, 1.165) is 26.1 Å². The Balaban J connectivity index is 0.00000169. The molecule has 3 aliphatic rings. The normalized spacial score (nSPS) is 24.3. The number of amides is 1. The van der Waals surface area contributed by atoms with E-state index in [2.05, 4.69) is 42.3 Å². The molecule has 1 unspecified atom stereocenters. The van der Waals surface area contributed by atoms with Crippen molar-refractivity contribution in [2.75, 3.05) is 13.1 Å². The lowest BCUT2D eigenvalue weighted by atomic mass is 9.91. The van der Waals surface area contributed by atoms with Gasteiger partial charge in [0, 0.05) is 18.5 Å². The average Bonchev–Trinajstić information content (AvgIpc) is 3.46. The van der Waals surface area contributed by atoms with Crippen LogP contribution in [0.2, 0.25) is 0 Å². The third-order valence-electron chi connectivity index (χ3n) is 6.28. The zero-order valence-electron chi connectivity index (χ0n) is 14.8. The number of piperidine rings is 1. The minimum Gasteiger partial charge on any atom is -0.335 e. The summed E-state index contributed by atoms with van der Waals surface area (Å²) < 4.78 is 0. The third kappa shape index (κ3) is 3.34. The number of benzene rings is 1. The molecular weight excluding hydrogens is 320 g/mol. The van der Waals surface area contributed by atoms with Crippen molar-refractivity contribution in [2.45, 2.75) is 58.5 Å². The molecular formula is C20H29ClN2O. The molecule has 1 heterocycles. The number of carbonyl (C=O) groups is 1. The Morgan fingerprint density at radius 2 is 1.92 bits per heavy atom. The van der Waals surface area contributed by atoms with Gasteiger partial charge in [-0.15, -0.1) is 12.4 Å². The van der Waals surface area contributed by atoms with Crippen molar-refractivity contribution < 1.29 is 4.79 Å². The number of carbonyl (C=O) groups excluding carboxylic acids is 1. The van der Waals surface area contributed by atoms with Gasteiger partial charge in [-0.25, -0.2) is 0 Å². The van der Waals surface area contributed by atoms with Crippen LogP contribution in [-0.2, 0) is 11.3 Å². The highest BCUT2D eigenvalue weighted by atomic mass is 35.5. The average molecular weight is 349 g/mol. The lowest BCUT2D eigenvalue weighted by Gasteiger charge is -2.27. The number of aryl methyl sites for hydroxylation is 2. The molecule has 1 spiro atoms. The first-order valence-corrected chi connectivity index (χ1v) is 9.16. The highest BCUT2D eigenvalue weighted by Crippen LogP contribution is 2.59. The Hall–Kier alpha value is -1.06. The summed E-state index contributed by atoms with van der Waals surface area (Å²) >= 11 is 0. The van der Waals surface area contributed by atoms with Crippen LogP contribution in [0.4, 0.5) is 0 Å². The van der Waals surface area contributed by atoms with E-state index in [1.807, 2.05) is 0 Å². The number of hydrogen-bond donors (Lipinski definition) is 1. The molecule has 1 amide bonds. The smallest absolute Gasteiger partial charge is 0.226 e. The Labute approximate surface area is 151 Å². The van der Waals surface area contributed by atoms with E-state index in [0.29, 0.717) is 23.3 Å². The molecule has 4 rings (SSSR count). The first kappa shape index (κ1) is 17.8. The van der Waals surface area contributed by atoms with Crippen molar-refractivity contribution in [3.8, 4) is 0 Å². The maximum atomic E-state index is 13.1. The van der Waals surface area contributed by atoms with E-state index in [9.17, 15) is 4.79 Å². The number of nitrogens with zero attached hydrogens (tertiary/aromatic N) is 1. The number of hydrogen-bond acceptors (Lipinski definition) is 2. The van der Waals surface area contributed by atoms with Crippen molar-refractivity contribution >= 4 is 18.3 Å². The van der Waals surface area contributed by atoms with E-state index < -0.39 is 0 Å². The molecule has 0 radical (unpaired) electrons. The SMILES string of the molecule is Cc1ccc(CN(C(=O)C2CC23CCNCC3)C2CC2)cc1C.Cl. The van der Waals surface area contributed by atoms with Gasteiger partial charge >= 0.3 is 0 Å². The summed E-state index contributed by atoms with van der Waals surface area (Å²) in [6.45, 7) is 7.28. The van der Waals surface area contributed by atoms with Gasteiger partial charge in [0.25, 0.3) is 0 Å². The topological polar surface area (TPSA) is 32.3 Å². The van der Waals surface area contributed by atoms with Crippen molar-refractivity contribution in [1.29, 1.82) is 0 Å². The minimum absolute atomic E-state index is 0. The van der Waals surface area contributed by atoms with E-state index in [-0.39, 0.29) is 12.4 Å². The van der Waals surface area contributed by atoms with Crippen LogP contribution in [0.25, 0.3) is 0 Å². The Morgan fingerprint density at radius 3 is 2.54 bits per heavy atom. The highest BCUT2D eigenvalue weighted by Gasteiger charge is 2.59. The molecule has 1 saturated heterocycles. The van der Waals surface area contributed by atoms with E-state index in [1.165, 1.54) is 42.4 Å². The third-order valence-corrected chi connectivity index (χ3v) is 6.28. The van der Waals surface area contributed by atoms with E-state index in [4.69, 9.17) is 0 Å². The maximum Gasteiger partial charge on any atom is 0.226 e. The second-order valence-corrected chi connectivity index (χ2v) is 7.99. The molecule has 0 bridgehead atoms. The van der Waals surface area contributed by atoms with Gasteiger partial charge in [-0.05, 0) is 81.1 Å². The van der Waals surface area contributed by atoms with Crippen molar-refractivity contribution in [3.63, 3.8) is 0 Å². The molecule has 1 aromatic carbocycles. The van der Waals surface area contributed by atoms with Crippen molar-refractivity contribution in [2.24, 2.45) is 11.3 Å². The van der Waals surface area contributed by atoms with Gasteiger partial charge in [0.1, 0.15) is 0 Å². The largest absolute Gasteiger partial charge is 0.335 e. The first-order valence-electron chi connectivity index (χ1n) is 9.16. The molecule has 1 N–H and O–H groups in total. The summed E-state index contributed by atoms with van der Waals surface area (Å²) in [6, 6.07) is 7.14. The van der Waals surface area contributed by atoms with Crippen molar-refractivity contribution in [3.05, 3.63) is 34.9 Å². The first-order chi connectivity index (χ1) is 11.1. The van der Waals surface area contributed by atoms with Crippen LogP contribution in [0.15, 0.2) is 18.2 Å². The fourth-order valence-corrected chi connectivity index (χ4v) is 4.25. The van der Waals surface area contributed by atoms with Crippen LogP contribution in [-0.4, -0.2) is 29.9 Å². The molecule has 2 saturated carbocycles. The predicted molar refractivity (Wildman–Crippen MR) is 99.4 cm³/mol. The predicted octanol–water partition coefficient (Wildman–Crippen LogP) is 3.61. The summed E-state index contributed by atoms with van der Waals surface area (Å²) in [7, 11) is 0. The van der Waals surface area contributed by atoms with Crippen LogP contribution in [0, 0.1) is 25.2 Å². The Kier molecular flexibility index (Phi) is 4.94. The molecule has 24 heavy (non-hydrogen) atoms. The van der Waals surface area contributed by atoms with Crippen LogP contribution in [0.1, 0.15) is 48.8 Å². The van der Waals surface area contributed by atoms with Gasteiger partial charge < -0.3 is 10.2 Å². The zero-order chi connectivity index (χ0) is 16.0.